The highest BCUT2D eigenvalue weighted by Crippen LogP contribution is 2.13. The average Bonchev–Trinajstić information content (AvgIpc) is 2.65. The van der Waals surface area contributed by atoms with Gasteiger partial charge >= 0.3 is 0 Å². The third kappa shape index (κ3) is 6.06. The highest BCUT2D eigenvalue weighted by Gasteiger charge is 2.08. The Morgan fingerprint density at radius 3 is 2.68 bits per heavy atom. The van der Waals surface area contributed by atoms with Crippen LogP contribution in [0.4, 0.5) is 0 Å². The van der Waals surface area contributed by atoms with Gasteiger partial charge in [0.1, 0.15) is 5.76 Å². The van der Waals surface area contributed by atoms with Gasteiger partial charge in [-0.1, -0.05) is 16.8 Å². The number of aryl methyl sites for hydroxylation is 2. The van der Waals surface area contributed by atoms with Crippen LogP contribution in [-0.4, -0.2) is 17.7 Å². The number of allylic oxidation sites excluding steroid dienone is 2. The van der Waals surface area contributed by atoms with Crippen LogP contribution in [0.2, 0.25) is 0 Å². The van der Waals surface area contributed by atoms with Crippen LogP contribution in [0, 0.1) is 13.8 Å². The van der Waals surface area contributed by atoms with Gasteiger partial charge in [0.2, 0.25) is 0 Å². The van der Waals surface area contributed by atoms with E-state index in [0.29, 0.717) is 6.04 Å². The summed E-state index contributed by atoms with van der Waals surface area (Å²) in [7, 11) is 0. The molecule has 1 rings (SSSR count). The van der Waals surface area contributed by atoms with E-state index in [2.05, 4.69) is 37.3 Å². The van der Waals surface area contributed by atoms with Gasteiger partial charge in [0.05, 0.1) is 5.69 Å². The van der Waals surface area contributed by atoms with Crippen molar-refractivity contribution in [2.75, 3.05) is 6.54 Å². The van der Waals surface area contributed by atoms with Crippen LogP contribution in [0.3, 0.4) is 0 Å². The van der Waals surface area contributed by atoms with Crippen LogP contribution < -0.4 is 5.32 Å². The number of nitrogens with one attached hydrogen (secondary N) is 1. The first-order valence-electron chi connectivity index (χ1n) is 7.29. The van der Waals surface area contributed by atoms with Gasteiger partial charge in [-0.3, -0.25) is 0 Å². The molecule has 1 aromatic rings. The Kier molecular flexibility index (Phi) is 6.85. The molecular weight excluding hydrogens is 236 g/mol. The smallest absolute Gasteiger partial charge is 0.137 e. The minimum atomic E-state index is 0.584. The summed E-state index contributed by atoms with van der Waals surface area (Å²) in [6.45, 7) is 11.6. The fourth-order valence-corrected chi connectivity index (χ4v) is 2.20. The van der Waals surface area contributed by atoms with Crippen molar-refractivity contribution in [3.63, 3.8) is 0 Å². The molecule has 0 fully saturated rings. The van der Waals surface area contributed by atoms with E-state index in [9.17, 15) is 0 Å². The summed E-state index contributed by atoms with van der Waals surface area (Å²) in [4.78, 5) is 0. The third-order valence-corrected chi connectivity index (χ3v) is 3.43. The van der Waals surface area contributed by atoms with E-state index in [1.54, 1.807) is 0 Å². The van der Waals surface area contributed by atoms with Crippen molar-refractivity contribution in [2.24, 2.45) is 0 Å². The third-order valence-electron chi connectivity index (χ3n) is 3.43. The highest BCUT2D eigenvalue weighted by atomic mass is 16.5. The first-order valence-corrected chi connectivity index (χ1v) is 7.29. The Hall–Kier alpha value is -1.09. The second-order valence-corrected chi connectivity index (χ2v) is 5.62. The van der Waals surface area contributed by atoms with Crippen molar-refractivity contribution in [1.82, 2.24) is 10.5 Å². The zero-order valence-corrected chi connectivity index (χ0v) is 13.0. The molecule has 1 aromatic heterocycles. The molecule has 1 unspecified atom stereocenters. The molecule has 108 valence electrons. The largest absolute Gasteiger partial charge is 0.361 e. The molecule has 19 heavy (non-hydrogen) atoms. The van der Waals surface area contributed by atoms with E-state index >= 15 is 0 Å². The highest BCUT2D eigenvalue weighted by molar-refractivity contribution is 5.20. The summed E-state index contributed by atoms with van der Waals surface area (Å²) < 4.78 is 5.17. The Labute approximate surface area is 117 Å². The molecule has 0 aromatic carbocycles. The molecular formula is C16H28N2O. The monoisotopic (exact) mass is 264 g/mol. The molecule has 0 amide bonds. The minimum Gasteiger partial charge on any atom is -0.361 e. The number of nitrogens with zero attached hydrogens (tertiary/aromatic N) is 1. The molecule has 0 aliphatic carbocycles. The summed E-state index contributed by atoms with van der Waals surface area (Å²) in [6, 6.07) is 0.584. The molecule has 0 radical (unpaired) electrons. The molecule has 0 bridgehead atoms. The first-order chi connectivity index (χ1) is 9.00. The zero-order chi connectivity index (χ0) is 14.3. The Bertz CT molecular complexity index is 383. The van der Waals surface area contributed by atoms with Gasteiger partial charge in [0.25, 0.3) is 0 Å². The van der Waals surface area contributed by atoms with Crippen LogP contribution >= 0.6 is 0 Å². The summed E-state index contributed by atoms with van der Waals surface area (Å²) in [5.41, 5.74) is 3.72. The quantitative estimate of drug-likeness (QED) is 0.570. The Morgan fingerprint density at radius 1 is 1.37 bits per heavy atom. The van der Waals surface area contributed by atoms with Crippen molar-refractivity contribution in [2.45, 2.75) is 66.3 Å². The predicted octanol–water partition coefficient (Wildman–Crippen LogP) is 3.95. The van der Waals surface area contributed by atoms with E-state index in [1.165, 1.54) is 24.0 Å². The predicted molar refractivity (Wildman–Crippen MR) is 80.4 cm³/mol. The SMILES string of the molecule is CC(C)=CCCC(C)NCCCc1c(C)noc1C. The van der Waals surface area contributed by atoms with Crippen LogP contribution in [0.25, 0.3) is 0 Å². The first kappa shape index (κ1) is 16.0. The number of rotatable bonds is 8. The van der Waals surface area contributed by atoms with Crippen molar-refractivity contribution >= 4 is 0 Å². The van der Waals surface area contributed by atoms with Crippen molar-refractivity contribution in [3.8, 4) is 0 Å². The fourth-order valence-electron chi connectivity index (χ4n) is 2.20. The lowest BCUT2D eigenvalue weighted by Crippen LogP contribution is -2.27. The summed E-state index contributed by atoms with van der Waals surface area (Å²) in [6.07, 6.45) is 6.86. The van der Waals surface area contributed by atoms with Crippen LogP contribution in [0.5, 0.6) is 0 Å². The van der Waals surface area contributed by atoms with E-state index in [1.807, 2.05) is 13.8 Å². The lowest BCUT2D eigenvalue weighted by atomic mass is 10.1. The molecule has 0 saturated heterocycles. The Morgan fingerprint density at radius 2 is 2.11 bits per heavy atom. The fraction of sp³-hybridized carbons (Fsp3) is 0.688. The summed E-state index contributed by atoms with van der Waals surface area (Å²) >= 11 is 0. The maximum atomic E-state index is 5.17. The molecule has 1 atom stereocenters. The summed E-state index contributed by atoms with van der Waals surface area (Å²) in [5.74, 6) is 0.967. The van der Waals surface area contributed by atoms with Crippen LogP contribution in [0.15, 0.2) is 16.2 Å². The molecule has 1 N–H and O–H groups in total. The van der Waals surface area contributed by atoms with Crippen LogP contribution in [0.1, 0.15) is 57.1 Å². The zero-order valence-electron chi connectivity index (χ0n) is 13.0. The second kappa shape index (κ2) is 8.16. The standard InChI is InChI=1S/C16H28N2O/c1-12(2)8-6-9-13(3)17-11-7-10-16-14(4)18-19-15(16)5/h8,13,17H,6-7,9-11H2,1-5H3. The molecule has 0 saturated carbocycles. The van der Waals surface area contributed by atoms with Crippen molar-refractivity contribution < 1.29 is 4.52 Å². The topological polar surface area (TPSA) is 38.1 Å². The van der Waals surface area contributed by atoms with Gasteiger partial charge in [-0.25, -0.2) is 0 Å². The number of aromatic nitrogens is 1. The molecule has 0 spiro atoms. The molecule has 1 heterocycles. The molecule has 0 aliphatic rings. The van der Waals surface area contributed by atoms with Gasteiger partial charge < -0.3 is 9.84 Å². The lowest BCUT2D eigenvalue weighted by Gasteiger charge is -2.12. The average molecular weight is 264 g/mol. The van der Waals surface area contributed by atoms with Gasteiger partial charge in [-0.2, -0.15) is 0 Å². The Balaban J connectivity index is 2.15. The van der Waals surface area contributed by atoms with E-state index in [0.717, 1.165) is 30.8 Å². The molecule has 0 aliphatic heterocycles. The minimum absolute atomic E-state index is 0.584. The number of hydrogen-bond donors (Lipinski definition) is 1. The normalized spacial score (nSPS) is 12.5. The van der Waals surface area contributed by atoms with Crippen LogP contribution in [-0.2, 0) is 6.42 Å². The molecule has 3 nitrogen and oxygen atoms in total. The van der Waals surface area contributed by atoms with Gasteiger partial charge in [0.15, 0.2) is 0 Å². The van der Waals surface area contributed by atoms with Gasteiger partial charge in [-0.15, -0.1) is 0 Å². The van der Waals surface area contributed by atoms with Gasteiger partial charge in [0, 0.05) is 11.6 Å². The molecule has 3 heteroatoms. The van der Waals surface area contributed by atoms with E-state index in [-0.39, 0.29) is 0 Å². The lowest BCUT2D eigenvalue weighted by molar-refractivity contribution is 0.392. The van der Waals surface area contributed by atoms with Crippen molar-refractivity contribution in [1.29, 1.82) is 0 Å². The van der Waals surface area contributed by atoms with E-state index < -0.39 is 0 Å². The van der Waals surface area contributed by atoms with E-state index in [4.69, 9.17) is 4.52 Å². The van der Waals surface area contributed by atoms with Crippen molar-refractivity contribution in [3.05, 3.63) is 28.7 Å². The maximum Gasteiger partial charge on any atom is 0.137 e. The number of hydrogen-bond acceptors (Lipinski definition) is 3. The second-order valence-electron chi connectivity index (χ2n) is 5.62. The maximum absolute atomic E-state index is 5.17. The summed E-state index contributed by atoms with van der Waals surface area (Å²) in [5, 5.41) is 7.56. The van der Waals surface area contributed by atoms with Gasteiger partial charge in [-0.05, 0) is 66.8 Å².